The lowest BCUT2D eigenvalue weighted by molar-refractivity contribution is 0.0951. The second-order valence-electron chi connectivity index (χ2n) is 8.39. The van der Waals surface area contributed by atoms with Crippen LogP contribution in [0.3, 0.4) is 0 Å². The van der Waals surface area contributed by atoms with E-state index in [2.05, 4.69) is 10.6 Å². The molecule has 0 radical (unpaired) electrons. The summed E-state index contributed by atoms with van der Waals surface area (Å²) in [5.41, 5.74) is 4.99. The van der Waals surface area contributed by atoms with Gasteiger partial charge >= 0.3 is 0 Å². The third-order valence-electron chi connectivity index (χ3n) is 6.00. The molecule has 0 saturated carbocycles. The first-order valence-electron chi connectivity index (χ1n) is 11.4. The Bertz CT molecular complexity index is 1550. The van der Waals surface area contributed by atoms with Gasteiger partial charge in [0.1, 0.15) is 5.82 Å². The monoisotopic (exact) mass is 518 g/mol. The number of sulfone groups is 1. The van der Waals surface area contributed by atoms with Gasteiger partial charge in [-0.3, -0.25) is 4.79 Å². The number of carbonyl (C=O) groups is 1. The molecule has 0 saturated heterocycles. The van der Waals surface area contributed by atoms with E-state index < -0.39 is 9.84 Å². The number of fused-ring (bicyclic) bond motifs is 2. The van der Waals surface area contributed by atoms with E-state index in [1.807, 2.05) is 30.3 Å². The molecule has 2 N–H and O–H groups in total. The maximum absolute atomic E-state index is 13.3. The molecule has 5 nitrogen and oxygen atoms in total. The molecular weight excluding hydrogens is 495 g/mol. The van der Waals surface area contributed by atoms with E-state index in [1.54, 1.807) is 61.2 Å². The Morgan fingerprint density at radius 2 is 1.50 bits per heavy atom. The molecule has 4 aromatic rings. The summed E-state index contributed by atoms with van der Waals surface area (Å²) in [5.74, 6) is -0.446. The smallest absolute Gasteiger partial charge is 0.251 e. The first-order chi connectivity index (χ1) is 17.3. The molecule has 1 aliphatic heterocycles. The molecule has 0 fully saturated rings. The molecule has 1 amide bonds. The van der Waals surface area contributed by atoms with E-state index in [4.69, 9.17) is 0 Å². The van der Waals surface area contributed by atoms with Crippen LogP contribution in [0.1, 0.15) is 22.8 Å². The Labute approximate surface area is 213 Å². The van der Waals surface area contributed by atoms with Crippen LogP contribution < -0.4 is 10.6 Å². The van der Waals surface area contributed by atoms with E-state index in [-0.39, 0.29) is 28.9 Å². The van der Waals surface area contributed by atoms with Crippen molar-refractivity contribution in [1.82, 2.24) is 5.32 Å². The van der Waals surface area contributed by atoms with Gasteiger partial charge in [0.05, 0.1) is 22.0 Å². The summed E-state index contributed by atoms with van der Waals surface area (Å²) < 4.78 is 37.2. The predicted molar refractivity (Wildman–Crippen MR) is 141 cm³/mol. The van der Waals surface area contributed by atoms with Gasteiger partial charge in [-0.15, -0.1) is 0 Å². The van der Waals surface area contributed by atoms with E-state index in [9.17, 15) is 17.6 Å². The molecule has 0 aromatic heterocycles. The summed E-state index contributed by atoms with van der Waals surface area (Å²) in [4.78, 5) is 15.2. The summed E-state index contributed by atoms with van der Waals surface area (Å²) in [7, 11) is -3.25. The van der Waals surface area contributed by atoms with Gasteiger partial charge in [0, 0.05) is 21.9 Å². The standard InChI is InChI=1S/C28H23FN2O3S2/c1-2-36(33,34)23-11-3-18(4-12-23)17-30-28(32)21-8-14-27-25(16-21)31-24-15-20(7-13-26(24)35-27)19-5-9-22(29)10-6-19/h3-16,31H,2,17H2,1H3,(H,30,32). The maximum Gasteiger partial charge on any atom is 0.251 e. The lowest BCUT2D eigenvalue weighted by Gasteiger charge is -2.22. The van der Waals surface area contributed by atoms with Gasteiger partial charge in [0.15, 0.2) is 9.84 Å². The third kappa shape index (κ3) is 5.01. The molecule has 1 heterocycles. The minimum atomic E-state index is -3.25. The summed E-state index contributed by atoms with van der Waals surface area (Å²) in [6.07, 6.45) is 0. The van der Waals surface area contributed by atoms with Crippen LogP contribution in [0.15, 0.2) is 99.6 Å². The number of hydrogen-bond acceptors (Lipinski definition) is 5. The summed E-state index contributed by atoms with van der Waals surface area (Å²) >= 11 is 1.62. The fourth-order valence-corrected chi connectivity index (χ4v) is 5.76. The van der Waals surface area contributed by atoms with Gasteiger partial charge in [0.25, 0.3) is 5.91 Å². The van der Waals surface area contributed by atoms with Crippen LogP contribution in [0.2, 0.25) is 0 Å². The molecule has 4 aromatic carbocycles. The SMILES string of the molecule is CCS(=O)(=O)c1ccc(CNC(=O)c2ccc3c(c2)Nc2cc(-c4ccc(F)cc4)ccc2S3)cc1. The van der Waals surface area contributed by atoms with Gasteiger partial charge in [-0.1, -0.05) is 49.0 Å². The Hall–Kier alpha value is -3.62. The van der Waals surface area contributed by atoms with Gasteiger partial charge in [-0.05, 0) is 71.3 Å². The topological polar surface area (TPSA) is 75.3 Å². The van der Waals surface area contributed by atoms with Crippen molar-refractivity contribution < 1.29 is 17.6 Å². The van der Waals surface area contributed by atoms with E-state index >= 15 is 0 Å². The molecule has 0 bridgehead atoms. The highest BCUT2D eigenvalue weighted by atomic mass is 32.2. The number of amides is 1. The minimum Gasteiger partial charge on any atom is -0.354 e. The van der Waals surface area contributed by atoms with Crippen LogP contribution in [0.4, 0.5) is 15.8 Å². The number of anilines is 2. The normalized spacial score (nSPS) is 12.3. The zero-order chi connectivity index (χ0) is 25.3. The van der Waals surface area contributed by atoms with Crippen LogP contribution in [0.5, 0.6) is 0 Å². The highest BCUT2D eigenvalue weighted by Gasteiger charge is 2.18. The van der Waals surface area contributed by atoms with E-state index in [0.29, 0.717) is 5.56 Å². The molecule has 0 atom stereocenters. The lowest BCUT2D eigenvalue weighted by atomic mass is 10.0. The Morgan fingerprint density at radius 3 is 2.19 bits per heavy atom. The molecule has 1 aliphatic rings. The highest BCUT2D eigenvalue weighted by Crippen LogP contribution is 2.45. The largest absolute Gasteiger partial charge is 0.354 e. The second-order valence-corrected chi connectivity index (χ2v) is 11.7. The van der Waals surface area contributed by atoms with Gasteiger partial charge in [0.2, 0.25) is 0 Å². The third-order valence-corrected chi connectivity index (χ3v) is 8.91. The van der Waals surface area contributed by atoms with Crippen molar-refractivity contribution in [2.75, 3.05) is 11.1 Å². The average Bonchev–Trinajstić information content (AvgIpc) is 2.90. The van der Waals surface area contributed by atoms with Crippen LogP contribution in [0.25, 0.3) is 11.1 Å². The quantitative estimate of drug-likeness (QED) is 0.271. The average molecular weight is 519 g/mol. The molecule has 182 valence electrons. The first kappa shape index (κ1) is 24.1. The van der Waals surface area contributed by atoms with E-state index in [1.165, 1.54) is 12.1 Å². The molecule has 0 spiro atoms. The summed E-state index contributed by atoms with van der Waals surface area (Å²) in [6, 6.07) is 24.5. The Balaban J connectivity index is 1.29. The summed E-state index contributed by atoms with van der Waals surface area (Å²) in [6.45, 7) is 1.90. The van der Waals surface area contributed by atoms with Crippen molar-refractivity contribution in [3.63, 3.8) is 0 Å². The van der Waals surface area contributed by atoms with Gasteiger partial charge in [-0.2, -0.15) is 0 Å². The number of rotatable bonds is 6. The molecule has 5 rings (SSSR count). The number of benzene rings is 4. The van der Waals surface area contributed by atoms with Gasteiger partial charge in [-0.25, -0.2) is 12.8 Å². The van der Waals surface area contributed by atoms with Crippen LogP contribution in [-0.2, 0) is 16.4 Å². The number of hydrogen-bond donors (Lipinski definition) is 2. The Morgan fingerprint density at radius 1 is 0.861 bits per heavy atom. The van der Waals surface area contributed by atoms with Crippen molar-refractivity contribution in [3.05, 3.63) is 102 Å². The number of nitrogens with one attached hydrogen (secondary N) is 2. The second kappa shape index (κ2) is 9.79. The van der Waals surface area contributed by atoms with Crippen LogP contribution in [0, 0.1) is 5.82 Å². The van der Waals surface area contributed by atoms with Crippen molar-refractivity contribution >= 4 is 38.9 Å². The Kier molecular flexibility index (Phi) is 6.55. The van der Waals surface area contributed by atoms with Crippen molar-refractivity contribution in [2.24, 2.45) is 0 Å². The highest BCUT2D eigenvalue weighted by molar-refractivity contribution is 7.99. The van der Waals surface area contributed by atoms with Crippen LogP contribution >= 0.6 is 11.8 Å². The first-order valence-corrected chi connectivity index (χ1v) is 13.9. The zero-order valence-corrected chi connectivity index (χ0v) is 21.0. The zero-order valence-electron chi connectivity index (χ0n) is 19.4. The fraction of sp³-hybridized carbons (Fsp3) is 0.107. The molecule has 36 heavy (non-hydrogen) atoms. The maximum atomic E-state index is 13.3. The van der Waals surface area contributed by atoms with Crippen molar-refractivity contribution in [1.29, 1.82) is 0 Å². The van der Waals surface area contributed by atoms with Crippen molar-refractivity contribution in [3.8, 4) is 11.1 Å². The lowest BCUT2D eigenvalue weighted by Crippen LogP contribution is -2.23. The summed E-state index contributed by atoms with van der Waals surface area (Å²) in [5, 5.41) is 6.32. The minimum absolute atomic E-state index is 0.0474. The van der Waals surface area contributed by atoms with Gasteiger partial charge < -0.3 is 10.6 Å². The fourth-order valence-electron chi connectivity index (χ4n) is 3.93. The van der Waals surface area contributed by atoms with Crippen molar-refractivity contribution in [2.45, 2.75) is 28.2 Å². The number of halogens is 1. The molecule has 0 aliphatic carbocycles. The predicted octanol–water partition coefficient (Wildman–Crippen LogP) is 6.42. The molecular formula is C28H23FN2O3S2. The molecule has 8 heteroatoms. The van der Waals surface area contributed by atoms with E-state index in [0.717, 1.165) is 37.9 Å². The molecule has 0 unspecified atom stereocenters. The van der Waals surface area contributed by atoms with Crippen LogP contribution in [-0.4, -0.2) is 20.1 Å². The number of carbonyl (C=O) groups excluding carboxylic acids is 1.